The van der Waals surface area contributed by atoms with Gasteiger partial charge in [0.2, 0.25) is 5.91 Å². The van der Waals surface area contributed by atoms with Gasteiger partial charge in [-0.25, -0.2) is 0 Å². The lowest BCUT2D eigenvalue weighted by Crippen LogP contribution is -2.37. The summed E-state index contributed by atoms with van der Waals surface area (Å²) >= 11 is 0. The molecule has 0 fully saturated rings. The van der Waals surface area contributed by atoms with Crippen LogP contribution in [0.2, 0.25) is 0 Å². The molecular weight excluding hydrogens is 222 g/mol. The summed E-state index contributed by atoms with van der Waals surface area (Å²) in [5.74, 6) is 0.111. The molecule has 0 aliphatic rings. The fourth-order valence-electron chi connectivity index (χ4n) is 1.97. The van der Waals surface area contributed by atoms with Crippen LogP contribution in [0.4, 0.5) is 0 Å². The zero-order chi connectivity index (χ0) is 13.8. The lowest BCUT2D eigenvalue weighted by molar-refractivity contribution is -0.129. The van der Waals surface area contributed by atoms with E-state index in [0.29, 0.717) is 0 Å². The number of rotatable bonds is 4. The van der Waals surface area contributed by atoms with Gasteiger partial charge < -0.3 is 5.32 Å². The fourth-order valence-corrected chi connectivity index (χ4v) is 1.97. The number of aryl methyl sites for hydroxylation is 1. The molecule has 2 heteroatoms. The maximum Gasteiger partial charge on any atom is 0.225 e. The summed E-state index contributed by atoms with van der Waals surface area (Å²) in [7, 11) is 0. The van der Waals surface area contributed by atoms with Gasteiger partial charge in [0.15, 0.2) is 0 Å². The molecule has 1 atom stereocenters. The van der Waals surface area contributed by atoms with E-state index in [0.717, 1.165) is 12.8 Å². The molecule has 2 nitrogen and oxygen atoms in total. The highest BCUT2D eigenvalue weighted by atomic mass is 16.2. The molecule has 0 radical (unpaired) electrons. The molecule has 0 heterocycles. The van der Waals surface area contributed by atoms with E-state index in [1.165, 1.54) is 11.1 Å². The Morgan fingerprint density at radius 2 is 1.83 bits per heavy atom. The van der Waals surface area contributed by atoms with E-state index in [2.05, 4.69) is 37.4 Å². The zero-order valence-electron chi connectivity index (χ0n) is 12.2. The largest absolute Gasteiger partial charge is 0.349 e. The van der Waals surface area contributed by atoms with Crippen molar-refractivity contribution in [3.8, 4) is 0 Å². The molecule has 1 aromatic carbocycles. The summed E-state index contributed by atoms with van der Waals surface area (Å²) in [6, 6.07) is 8.48. The first-order valence-electron chi connectivity index (χ1n) is 6.78. The van der Waals surface area contributed by atoms with Crippen LogP contribution in [0.25, 0.3) is 0 Å². The second kappa shape index (κ2) is 6.03. The Morgan fingerprint density at radius 3 is 2.33 bits per heavy atom. The second-order valence-corrected chi connectivity index (χ2v) is 5.74. The number of benzene rings is 1. The summed E-state index contributed by atoms with van der Waals surface area (Å²) in [5, 5.41) is 3.16. The molecule has 0 aliphatic carbocycles. The van der Waals surface area contributed by atoms with Gasteiger partial charge in [0.1, 0.15) is 0 Å². The quantitative estimate of drug-likeness (QED) is 0.860. The summed E-state index contributed by atoms with van der Waals surface area (Å²) in [4.78, 5) is 12.1. The summed E-state index contributed by atoms with van der Waals surface area (Å²) in [6.07, 6.45) is 1.91. The van der Waals surface area contributed by atoms with E-state index in [1.54, 1.807) is 0 Å². The predicted molar refractivity (Wildman–Crippen MR) is 76.4 cm³/mol. The van der Waals surface area contributed by atoms with Gasteiger partial charge in [0.05, 0.1) is 6.04 Å². The van der Waals surface area contributed by atoms with Gasteiger partial charge in [-0.3, -0.25) is 4.79 Å². The molecule has 1 N–H and O–H groups in total. The van der Waals surface area contributed by atoms with Crippen molar-refractivity contribution in [2.75, 3.05) is 0 Å². The van der Waals surface area contributed by atoms with Crippen LogP contribution in [0.3, 0.4) is 0 Å². The average Bonchev–Trinajstić information content (AvgIpc) is 2.34. The number of nitrogens with one attached hydrogen (secondary N) is 1. The van der Waals surface area contributed by atoms with Crippen molar-refractivity contribution in [2.24, 2.45) is 5.41 Å². The van der Waals surface area contributed by atoms with Crippen LogP contribution in [-0.2, 0) is 11.2 Å². The smallest absolute Gasteiger partial charge is 0.225 e. The van der Waals surface area contributed by atoms with Gasteiger partial charge in [0, 0.05) is 5.41 Å². The van der Waals surface area contributed by atoms with E-state index in [4.69, 9.17) is 0 Å². The standard InChI is InChI=1S/C16H25NO/c1-6-12-10-8-9-11-13(12)14(7-2)17-15(18)16(3,4)5/h8-11,14H,6-7H2,1-5H3,(H,17,18). The van der Waals surface area contributed by atoms with Gasteiger partial charge in [-0.1, -0.05) is 58.9 Å². The molecule has 1 rings (SSSR count). The van der Waals surface area contributed by atoms with Gasteiger partial charge in [-0.15, -0.1) is 0 Å². The van der Waals surface area contributed by atoms with Crippen molar-refractivity contribution in [2.45, 2.75) is 53.5 Å². The van der Waals surface area contributed by atoms with Crippen LogP contribution in [0.15, 0.2) is 24.3 Å². The SMILES string of the molecule is CCc1ccccc1C(CC)NC(=O)C(C)(C)C. The normalized spacial score (nSPS) is 13.2. The molecule has 0 spiro atoms. The molecule has 0 bridgehead atoms. The maximum absolute atomic E-state index is 12.1. The summed E-state index contributed by atoms with van der Waals surface area (Å²) in [5.41, 5.74) is 2.23. The van der Waals surface area contributed by atoms with Gasteiger partial charge in [-0.05, 0) is 24.0 Å². The highest BCUT2D eigenvalue weighted by Gasteiger charge is 2.24. The molecule has 1 amide bonds. The fraction of sp³-hybridized carbons (Fsp3) is 0.562. The number of amides is 1. The number of carbonyl (C=O) groups excluding carboxylic acids is 1. The number of carbonyl (C=O) groups is 1. The lowest BCUT2D eigenvalue weighted by Gasteiger charge is -2.25. The van der Waals surface area contributed by atoms with Crippen LogP contribution in [0.5, 0.6) is 0 Å². The molecule has 1 aromatic rings. The van der Waals surface area contributed by atoms with Gasteiger partial charge in [0.25, 0.3) is 0 Å². The molecule has 1 unspecified atom stereocenters. The molecule has 0 aromatic heterocycles. The third kappa shape index (κ3) is 3.59. The Kier molecular flexibility index (Phi) is 4.94. The molecule has 0 aliphatic heterocycles. The van der Waals surface area contributed by atoms with E-state index in [1.807, 2.05) is 26.8 Å². The van der Waals surface area contributed by atoms with Crippen molar-refractivity contribution in [1.82, 2.24) is 5.32 Å². The van der Waals surface area contributed by atoms with Crippen LogP contribution in [0, 0.1) is 5.41 Å². The van der Waals surface area contributed by atoms with Crippen LogP contribution < -0.4 is 5.32 Å². The first kappa shape index (κ1) is 14.7. The Bertz CT molecular complexity index is 404. The van der Waals surface area contributed by atoms with Gasteiger partial charge >= 0.3 is 0 Å². The van der Waals surface area contributed by atoms with E-state index in [9.17, 15) is 4.79 Å². The van der Waals surface area contributed by atoms with Crippen LogP contribution in [0.1, 0.15) is 58.2 Å². The van der Waals surface area contributed by atoms with Crippen molar-refractivity contribution in [1.29, 1.82) is 0 Å². The minimum atomic E-state index is -0.339. The van der Waals surface area contributed by atoms with Gasteiger partial charge in [-0.2, -0.15) is 0 Å². The molecule has 0 saturated carbocycles. The minimum absolute atomic E-state index is 0.111. The predicted octanol–water partition coefficient (Wildman–Crippen LogP) is 3.86. The summed E-state index contributed by atoms with van der Waals surface area (Å²) in [6.45, 7) is 10.1. The van der Waals surface area contributed by atoms with Crippen LogP contribution >= 0.6 is 0 Å². The van der Waals surface area contributed by atoms with E-state index < -0.39 is 0 Å². The molecule has 18 heavy (non-hydrogen) atoms. The number of hydrogen-bond acceptors (Lipinski definition) is 1. The topological polar surface area (TPSA) is 29.1 Å². The monoisotopic (exact) mass is 247 g/mol. The van der Waals surface area contributed by atoms with Crippen molar-refractivity contribution >= 4 is 5.91 Å². The van der Waals surface area contributed by atoms with E-state index >= 15 is 0 Å². The molecular formula is C16H25NO. The lowest BCUT2D eigenvalue weighted by atomic mass is 9.92. The second-order valence-electron chi connectivity index (χ2n) is 5.74. The first-order chi connectivity index (χ1) is 8.40. The maximum atomic E-state index is 12.1. The minimum Gasteiger partial charge on any atom is -0.349 e. The Labute approximate surface area is 111 Å². The van der Waals surface area contributed by atoms with Crippen molar-refractivity contribution in [3.63, 3.8) is 0 Å². The van der Waals surface area contributed by atoms with Crippen molar-refractivity contribution < 1.29 is 4.79 Å². The first-order valence-corrected chi connectivity index (χ1v) is 6.78. The number of hydrogen-bond donors (Lipinski definition) is 1. The average molecular weight is 247 g/mol. The highest BCUT2D eigenvalue weighted by molar-refractivity contribution is 5.81. The van der Waals surface area contributed by atoms with Crippen molar-refractivity contribution in [3.05, 3.63) is 35.4 Å². The summed E-state index contributed by atoms with van der Waals surface area (Å²) < 4.78 is 0. The molecule has 0 saturated heterocycles. The van der Waals surface area contributed by atoms with E-state index in [-0.39, 0.29) is 17.4 Å². The Balaban J connectivity index is 2.93. The Morgan fingerprint density at radius 1 is 1.22 bits per heavy atom. The molecule has 100 valence electrons. The third-order valence-corrected chi connectivity index (χ3v) is 3.21. The highest BCUT2D eigenvalue weighted by Crippen LogP contribution is 2.23. The Hall–Kier alpha value is -1.31. The zero-order valence-corrected chi connectivity index (χ0v) is 12.2. The van der Waals surface area contributed by atoms with Crippen LogP contribution in [-0.4, -0.2) is 5.91 Å². The third-order valence-electron chi connectivity index (χ3n) is 3.21.